The van der Waals surface area contributed by atoms with Crippen LogP contribution in [0, 0.1) is 0 Å². The lowest BCUT2D eigenvalue weighted by Gasteiger charge is -1.84. The van der Waals surface area contributed by atoms with Crippen LogP contribution in [0.25, 0.3) is 5.71 Å². The van der Waals surface area contributed by atoms with Crippen LogP contribution in [0.3, 0.4) is 0 Å². The maximum Gasteiger partial charge on any atom is 0.235 e. The predicted octanol–water partition coefficient (Wildman–Crippen LogP) is 1.49. The Morgan fingerprint density at radius 2 is 2.60 bits per heavy atom. The first kappa shape index (κ1) is 5.53. The van der Waals surface area contributed by atoms with E-state index in [1.54, 1.807) is 0 Å². The number of fused-ring (bicyclic) bond motifs is 1. The molecular formula is C7H8N2O. The molecule has 0 bridgehead atoms. The van der Waals surface area contributed by atoms with Gasteiger partial charge in [-0.2, -0.15) is 0 Å². The molecule has 0 saturated carbocycles. The topological polar surface area (TPSA) is 30.4 Å². The van der Waals surface area contributed by atoms with Crippen molar-refractivity contribution in [2.75, 3.05) is 0 Å². The maximum absolute atomic E-state index is 4.99. The fourth-order valence-corrected chi connectivity index (χ4v) is 1.03. The van der Waals surface area contributed by atoms with Crippen LogP contribution in [0.15, 0.2) is 22.9 Å². The minimum absolute atomic E-state index is 0.817. The second kappa shape index (κ2) is 1.87. The van der Waals surface area contributed by atoms with Gasteiger partial charge in [-0.05, 0) is 6.07 Å². The van der Waals surface area contributed by atoms with E-state index in [1.807, 2.05) is 22.7 Å². The summed E-state index contributed by atoms with van der Waals surface area (Å²) in [7, 11) is 0. The molecule has 0 unspecified atom stereocenters. The summed E-state index contributed by atoms with van der Waals surface area (Å²) in [6.07, 6.45) is 2.85. The molecule has 0 fully saturated rings. The van der Waals surface area contributed by atoms with Gasteiger partial charge in [-0.3, -0.25) is 4.40 Å². The Morgan fingerprint density at radius 1 is 1.70 bits per heavy atom. The van der Waals surface area contributed by atoms with Crippen LogP contribution in [0.5, 0.6) is 0 Å². The molecule has 52 valence electrons. The first-order valence-electron chi connectivity index (χ1n) is 3.33. The third-order valence-corrected chi connectivity index (χ3v) is 1.55. The summed E-state index contributed by atoms with van der Waals surface area (Å²) in [4.78, 5) is 0. The molecule has 0 amide bonds. The Balaban J connectivity index is 2.76. The summed E-state index contributed by atoms with van der Waals surface area (Å²) in [6, 6.07) is 3.84. The summed E-state index contributed by atoms with van der Waals surface area (Å²) in [5, 5.41) is 3.86. The number of rotatable bonds is 1. The van der Waals surface area contributed by atoms with E-state index in [0.717, 1.165) is 18.0 Å². The molecule has 0 aliphatic heterocycles. The SMILES string of the molecule is CCc1noc2cccn12. The highest BCUT2D eigenvalue weighted by molar-refractivity contribution is 5.34. The van der Waals surface area contributed by atoms with Gasteiger partial charge in [-0.25, -0.2) is 0 Å². The molecule has 0 atom stereocenters. The van der Waals surface area contributed by atoms with Crippen molar-refractivity contribution in [3.63, 3.8) is 0 Å². The van der Waals surface area contributed by atoms with Gasteiger partial charge in [0, 0.05) is 18.7 Å². The van der Waals surface area contributed by atoms with E-state index in [4.69, 9.17) is 4.52 Å². The van der Waals surface area contributed by atoms with Crippen LogP contribution in [-0.2, 0) is 6.42 Å². The van der Waals surface area contributed by atoms with E-state index in [0.29, 0.717) is 0 Å². The summed E-state index contributed by atoms with van der Waals surface area (Å²) >= 11 is 0. The van der Waals surface area contributed by atoms with Gasteiger partial charge >= 0.3 is 0 Å². The lowest BCUT2D eigenvalue weighted by Crippen LogP contribution is -1.87. The van der Waals surface area contributed by atoms with Crippen LogP contribution < -0.4 is 0 Å². The lowest BCUT2D eigenvalue weighted by atomic mass is 10.5. The van der Waals surface area contributed by atoms with Crippen molar-refractivity contribution in [3.8, 4) is 0 Å². The molecule has 2 rings (SSSR count). The lowest BCUT2D eigenvalue weighted by molar-refractivity contribution is 0.447. The molecule has 0 spiro atoms. The average molecular weight is 136 g/mol. The third kappa shape index (κ3) is 0.572. The quantitative estimate of drug-likeness (QED) is 0.594. The van der Waals surface area contributed by atoms with E-state index < -0.39 is 0 Å². The van der Waals surface area contributed by atoms with Gasteiger partial charge in [0.1, 0.15) is 0 Å². The molecule has 2 heterocycles. The second-order valence-electron chi connectivity index (χ2n) is 2.17. The van der Waals surface area contributed by atoms with Crippen molar-refractivity contribution >= 4 is 5.71 Å². The number of nitrogens with zero attached hydrogens (tertiary/aromatic N) is 2. The number of hydrogen-bond acceptors (Lipinski definition) is 2. The number of hydrogen-bond donors (Lipinski definition) is 0. The molecule has 3 nitrogen and oxygen atoms in total. The Hall–Kier alpha value is -1.25. The smallest absolute Gasteiger partial charge is 0.235 e. The van der Waals surface area contributed by atoms with Crippen LogP contribution >= 0.6 is 0 Å². The Bertz CT molecular complexity index is 334. The van der Waals surface area contributed by atoms with E-state index in [9.17, 15) is 0 Å². The van der Waals surface area contributed by atoms with E-state index in [2.05, 4.69) is 12.1 Å². The molecule has 0 aliphatic carbocycles. The number of aromatic nitrogens is 2. The van der Waals surface area contributed by atoms with Crippen molar-refractivity contribution in [2.45, 2.75) is 13.3 Å². The standard InChI is InChI=1S/C7H8N2O/c1-2-6-8-10-7-4-3-5-9(6)7/h3-5H,2H2,1H3. The molecule has 0 N–H and O–H groups in total. The van der Waals surface area contributed by atoms with Crippen molar-refractivity contribution in [1.82, 2.24) is 9.56 Å². The monoisotopic (exact) mass is 136 g/mol. The van der Waals surface area contributed by atoms with Crippen LogP contribution in [0.4, 0.5) is 0 Å². The molecule has 0 radical (unpaired) electrons. The fraction of sp³-hybridized carbons (Fsp3) is 0.286. The number of aryl methyl sites for hydroxylation is 1. The zero-order valence-electron chi connectivity index (χ0n) is 5.74. The highest BCUT2D eigenvalue weighted by Crippen LogP contribution is 2.06. The highest BCUT2D eigenvalue weighted by atomic mass is 16.5. The summed E-state index contributed by atoms with van der Waals surface area (Å²) in [5.74, 6) is 0.972. The van der Waals surface area contributed by atoms with Crippen LogP contribution in [0.2, 0.25) is 0 Å². The molecule has 0 saturated heterocycles. The van der Waals surface area contributed by atoms with Gasteiger partial charge < -0.3 is 4.52 Å². The highest BCUT2D eigenvalue weighted by Gasteiger charge is 2.01. The van der Waals surface area contributed by atoms with E-state index in [-0.39, 0.29) is 0 Å². The fourth-order valence-electron chi connectivity index (χ4n) is 1.03. The van der Waals surface area contributed by atoms with Gasteiger partial charge in [-0.15, -0.1) is 0 Å². The van der Waals surface area contributed by atoms with Gasteiger partial charge in [0.25, 0.3) is 0 Å². The largest absolute Gasteiger partial charge is 0.336 e. The molecular weight excluding hydrogens is 128 g/mol. The molecule has 2 aromatic rings. The molecule has 0 aliphatic rings. The predicted molar refractivity (Wildman–Crippen MR) is 36.8 cm³/mol. The van der Waals surface area contributed by atoms with Crippen molar-refractivity contribution < 1.29 is 4.52 Å². The molecule has 2 aromatic heterocycles. The summed E-state index contributed by atoms with van der Waals surface area (Å²) in [6.45, 7) is 2.05. The summed E-state index contributed by atoms with van der Waals surface area (Å²) in [5.41, 5.74) is 0.817. The first-order chi connectivity index (χ1) is 4.92. The second-order valence-corrected chi connectivity index (χ2v) is 2.17. The van der Waals surface area contributed by atoms with Gasteiger partial charge in [-0.1, -0.05) is 12.1 Å². The van der Waals surface area contributed by atoms with Crippen molar-refractivity contribution in [1.29, 1.82) is 0 Å². The Kier molecular flexibility index (Phi) is 1.03. The molecule has 3 heteroatoms. The minimum atomic E-state index is 0.817. The van der Waals surface area contributed by atoms with Gasteiger partial charge in [0.05, 0.1) is 0 Å². The zero-order valence-corrected chi connectivity index (χ0v) is 5.74. The van der Waals surface area contributed by atoms with E-state index in [1.165, 1.54) is 0 Å². The van der Waals surface area contributed by atoms with Crippen molar-refractivity contribution in [3.05, 3.63) is 24.2 Å². The Morgan fingerprint density at radius 3 is 3.40 bits per heavy atom. The summed E-state index contributed by atoms with van der Waals surface area (Å²) < 4.78 is 6.94. The van der Waals surface area contributed by atoms with E-state index >= 15 is 0 Å². The minimum Gasteiger partial charge on any atom is -0.336 e. The molecule has 10 heavy (non-hydrogen) atoms. The third-order valence-electron chi connectivity index (χ3n) is 1.55. The average Bonchev–Trinajstić information content (AvgIpc) is 2.44. The van der Waals surface area contributed by atoms with Crippen molar-refractivity contribution in [2.24, 2.45) is 0 Å². The van der Waals surface area contributed by atoms with Crippen LogP contribution in [0.1, 0.15) is 12.7 Å². The first-order valence-corrected chi connectivity index (χ1v) is 3.33. The van der Waals surface area contributed by atoms with Gasteiger partial charge in [0.2, 0.25) is 5.71 Å². The Labute approximate surface area is 58.2 Å². The maximum atomic E-state index is 4.99. The normalized spacial score (nSPS) is 10.9. The van der Waals surface area contributed by atoms with Gasteiger partial charge in [0.15, 0.2) is 5.82 Å². The molecule has 0 aromatic carbocycles. The van der Waals surface area contributed by atoms with Crippen LogP contribution in [-0.4, -0.2) is 9.56 Å². The zero-order chi connectivity index (χ0) is 6.97.